The SMILES string of the molecule is CN(C)C(=O)Cn1cnc(CN)n1. The van der Waals surface area contributed by atoms with Gasteiger partial charge in [0.05, 0.1) is 6.54 Å². The van der Waals surface area contributed by atoms with E-state index in [1.807, 2.05) is 0 Å². The summed E-state index contributed by atoms with van der Waals surface area (Å²) < 4.78 is 1.48. The predicted molar refractivity (Wildman–Crippen MR) is 46.6 cm³/mol. The van der Waals surface area contributed by atoms with Crippen LogP contribution in [0.2, 0.25) is 0 Å². The maximum Gasteiger partial charge on any atom is 0.243 e. The molecule has 1 amide bonds. The predicted octanol–water partition coefficient (Wildman–Crippen LogP) is -1.17. The summed E-state index contributed by atoms with van der Waals surface area (Å²) in [6.45, 7) is 0.503. The molecule has 0 saturated carbocycles. The van der Waals surface area contributed by atoms with Gasteiger partial charge < -0.3 is 10.6 Å². The van der Waals surface area contributed by atoms with Crippen LogP contribution in [-0.4, -0.2) is 39.7 Å². The molecule has 6 nitrogen and oxygen atoms in total. The summed E-state index contributed by atoms with van der Waals surface area (Å²) in [4.78, 5) is 16.6. The van der Waals surface area contributed by atoms with Crippen LogP contribution in [0.1, 0.15) is 5.82 Å². The van der Waals surface area contributed by atoms with Crippen LogP contribution in [0.4, 0.5) is 0 Å². The van der Waals surface area contributed by atoms with Crippen LogP contribution in [0, 0.1) is 0 Å². The minimum Gasteiger partial charge on any atom is -0.347 e. The molecule has 13 heavy (non-hydrogen) atoms. The van der Waals surface area contributed by atoms with Crippen molar-refractivity contribution in [2.75, 3.05) is 14.1 Å². The topological polar surface area (TPSA) is 77.0 Å². The van der Waals surface area contributed by atoms with Gasteiger partial charge in [-0.05, 0) is 0 Å². The molecule has 1 aromatic heterocycles. The maximum absolute atomic E-state index is 11.2. The Morgan fingerprint density at radius 2 is 2.38 bits per heavy atom. The molecule has 0 aromatic carbocycles. The number of carbonyl (C=O) groups excluding carboxylic acids is 1. The lowest BCUT2D eigenvalue weighted by atomic mass is 10.5. The Bertz CT molecular complexity index is 293. The Kier molecular flexibility index (Phi) is 2.97. The van der Waals surface area contributed by atoms with Crippen molar-refractivity contribution in [2.45, 2.75) is 13.1 Å². The molecule has 0 unspecified atom stereocenters. The van der Waals surface area contributed by atoms with Gasteiger partial charge >= 0.3 is 0 Å². The van der Waals surface area contributed by atoms with Crippen molar-refractivity contribution in [1.82, 2.24) is 19.7 Å². The van der Waals surface area contributed by atoms with Crippen molar-refractivity contribution in [3.8, 4) is 0 Å². The van der Waals surface area contributed by atoms with Gasteiger partial charge in [-0.3, -0.25) is 4.79 Å². The Hall–Kier alpha value is -1.43. The van der Waals surface area contributed by atoms with E-state index in [9.17, 15) is 4.79 Å². The van der Waals surface area contributed by atoms with Crippen LogP contribution in [-0.2, 0) is 17.9 Å². The first-order valence-electron chi connectivity index (χ1n) is 3.92. The first-order chi connectivity index (χ1) is 6.13. The third-order valence-corrected chi connectivity index (χ3v) is 1.56. The van der Waals surface area contributed by atoms with Gasteiger partial charge in [-0.15, -0.1) is 0 Å². The van der Waals surface area contributed by atoms with E-state index in [1.54, 1.807) is 14.1 Å². The van der Waals surface area contributed by atoms with Crippen LogP contribution >= 0.6 is 0 Å². The zero-order chi connectivity index (χ0) is 9.84. The lowest BCUT2D eigenvalue weighted by Gasteiger charge is -2.08. The summed E-state index contributed by atoms with van der Waals surface area (Å²) >= 11 is 0. The molecule has 0 atom stereocenters. The molecule has 1 heterocycles. The van der Waals surface area contributed by atoms with Gasteiger partial charge in [0.15, 0.2) is 5.82 Å². The van der Waals surface area contributed by atoms with Crippen LogP contribution in [0.15, 0.2) is 6.33 Å². The number of rotatable bonds is 3. The number of nitrogens with two attached hydrogens (primary N) is 1. The highest BCUT2D eigenvalue weighted by atomic mass is 16.2. The van der Waals surface area contributed by atoms with Crippen LogP contribution in [0.3, 0.4) is 0 Å². The average Bonchev–Trinajstić information content (AvgIpc) is 2.52. The summed E-state index contributed by atoms with van der Waals surface area (Å²) in [5.41, 5.74) is 5.32. The summed E-state index contributed by atoms with van der Waals surface area (Å²) in [7, 11) is 3.40. The Balaban J connectivity index is 2.59. The van der Waals surface area contributed by atoms with Crippen molar-refractivity contribution < 1.29 is 4.79 Å². The number of hydrogen-bond donors (Lipinski definition) is 1. The Morgan fingerprint density at radius 1 is 1.69 bits per heavy atom. The molecule has 2 N–H and O–H groups in total. The standard InChI is InChI=1S/C7H13N5O/c1-11(2)7(13)4-12-5-9-6(3-8)10-12/h5H,3-4,8H2,1-2H3. The molecule has 0 aliphatic carbocycles. The summed E-state index contributed by atoms with van der Waals surface area (Å²) in [5.74, 6) is 0.528. The molecule has 6 heteroatoms. The van der Waals surface area contributed by atoms with Crippen molar-refractivity contribution in [3.63, 3.8) is 0 Å². The maximum atomic E-state index is 11.2. The van der Waals surface area contributed by atoms with Gasteiger partial charge in [0.2, 0.25) is 5.91 Å². The van der Waals surface area contributed by atoms with Gasteiger partial charge in [-0.2, -0.15) is 5.10 Å². The molecule has 0 aliphatic rings. The number of carbonyl (C=O) groups is 1. The van der Waals surface area contributed by atoms with E-state index >= 15 is 0 Å². The smallest absolute Gasteiger partial charge is 0.243 e. The Morgan fingerprint density at radius 3 is 2.85 bits per heavy atom. The molecule has 72 valence electrons. The van der Waals surface area contributed by atoms with Gasteiger partial charge in [-0.1, -0.05) is 0 Å². The molecule has 0 spiro atoms. The average molecular weight is 183 g/mol. The normalized spacial score (nSPS) is 10.1. The third kappa shape index (κ3) is 2.51. The number of hydrogen-bond acceptors (Lipinski definition) is 4. The first-order valence-corrected chi connectivity index (χ1v) is 3.92. The zero-order valence-electron chi connectivity index (χ0n) is 7.77. The Labute approximate surface area is 76.3 Å². The van der Waals surface area contributed by atoms with Crippen molar-refractivity contribution in [1.29, 1.82) is 0 Å². The van der Waals surface area contributed by atoms with Crippen molar-refractivity contribution in [2.24, 2.45) is 5.73 Å². The van der Waals surface area contributed by atoms with Gasteiger partial charge in [0.25, 0.3) is 0 Å². The van der Waals surface area contributed by atoms with E-state index in [2.05, 4.69) is 10.1 Å². The number of likely N-dealkylation sites (N-methyl/N-ethyl adjacent to an activating group) is 1. The third-order valence-electron chi connectivity index (χ3n) is 1.56. The number of amides is 1. The zero-order valence-corrected chi connectivity index (χ0v) is 7.77. The van der Waals surface area contributed by atoms with E-state index in [0.717, 1.165) is 0 Å². The fourth-order valence-corrected chi connectivity index (χ4v) is 0.783. The van der Waals surface area contributed by atoms with Crippen LogP contribution in [0.25, 0.3) is 0 Å². The first kappa shape index (κ1) is 9.66. The second kappa shape index (κ2) is 3.99. The molecule has 0 radical (unpaired) electrons. The highest BCUT2D eigenvalue weighted by Crippen LogP contribution is 1.90. The molecule has 0 saturated heterocycles. The molecule has 0 aliphatic heterocycles. The van der Waals surface area contributed by atoms with E-state index in [1.165, 1.54) is 15.9 Å². The monoisotopic (exact) mass is 183 g/mol. The summed E-state index contributed by atoms with van der Waals surface area (Å²) in [6.07, 6.45) is 1.50. The lowest BCUT2D eigenvalue weighted by molar-refractivity contribution is -0.129. The van der Waals surface area contributed by atoms with Crippen LogP contribution < -0.4 is 5.73 Å². The van der Waals surface area contributed by atoms with Gasteiger partial charge in [0, 0.05) is 14.1 Å². The van der Waals surface area contributed by atoms with Crippen LogP contribution in [0.5, 0.6) is 0 Å². The molecule has 1 aromatic rings. The second-order valence-corrected chi connectivity index (χ2v) is 2.85. The van der Waals surface area contributed by atoms with E-state index in [-0.39, 0.29) is 12.5 Å². The molecular weight excluding hydrogens is 170 g/mol. The second-order valence-electron chi connectivity index (χ2n) is 2.85. The van der Waals surface area contributed by atoms with E-state index in [4.69, 9.17) is 5.73 Å². The minimum absolute atomic E-state index is 0.0199. The largest absolute Gasteiger partial charge is 0.347 e. The highest BCUT2D eigenvalue weighted by Gasteiger charge is 2.06. The molecular formula is C7H13N5O. The number of aromatic nitrogens is 3. The quantitative estimate of drug-likeness (QED) is 0.640. The lowest BCUT2D eigenvalue weighted by Crippen LogP contribution is -2.26. The molecule has 1 rings (SSSR count). The number of nitrogens with zero attached hydrogens (tertiary/aromatic N) is 4. The molecule has 0 fully saturated rings. The van der Waals surface area contributed by atoms with E-state index < -0.39 is 0 Å². The van der Waals surface area contributed by atoms with Crippen molar-refractivity contribution in [3.05, 3.63) is 12.2 Å². The fourth-order valence-electron chi connectivity index (χ4n) is 0.783. The minimum atomic E-state index is -0.0199. The van der Waals surface area contributed by atoms with Gasteiger partial charge in [0.1, 0.15) is 12.9 Å². The fraction of sp³-hybridized carbons (Fsp3) is 0.571. The molecule has 0 bridgehead atoms. The summed E-state index contributed by atoms with van der Waals surface area (Å²) in [6, 6.07) is 0. The summed E-state index contributed by atoms with van der Waals surface area (Å²) in [5, 5.41) is 3.98. The van der Waals surface area contributed by atoms with Crippen molar-refractivity contribution >= 4 is 5.91 Å². The highest BCUT2D eigenvalue weighted by molar-refractivity contribution is 5.75. The van der Waals surface area contributed by atoms with Gasteiger partial charge in [-0.25, -0.2) is 9.67 Å². The van der Waals surface area contributed by atoms with E-state index in [0.29, 0.717) is 12.4 Å².